The Morgan fingerprint density at radius 2 is 1.88 bits per heavy atom. The van der Waals surface area contributed by atoms with Crippen LogP contribution in [0, 0.1) is 5.82 Å². The Morgan fingerprint density at radius 3 is 2.62 bits per heavy atom. The minimum Gasteiger partial charge on any atom is -0.323 e. The van der Waals surface area contributed by atoms with Gasteiger partial charge in [0.2, 0.25) is 11.6 Å². The number of nitrogens with zero attached hydrogens (tertiary/aromatic N) is 1. The monoisotopic (exact) mass is 346 g/mol. The van der Waals surface area contributed by atoms with Crippen LogP contribution in [0.2, 0.25) is 0 Å². The number of carbonyl (C=O) groups is 1. The van der Waals surface area contributed by atoms with Crippen LogP contribution >= 0.6 is 11.8 Å². The minimum atomic E-state index is -0.581. The molecule has 3 rings (SSSR count). The number of anilines is 1. The molecular weight excluding hydrogens is 333 g/mol. The Hall–Kier alpha value is -2.87. The third-order valence-corrected chi connectivity index (χ3v) is 4.14. The number of halogens is 1. The van der Waals surface area contributed by atoms with E-state index in [1.165, 1.54) is 22.9 Å². The molecule has 0 aliphatic carbocycles. The molecular formula is C16H13FN3O3S+. The number of aromatic amines is 1. The van der Waals surface area contributed by atoms with Crippen molar-refractivity contribution < 1.29 is 18.4 Å². The number of thioether (sulfide) groups is 1. The second-order valence-corrected chi connectivity index (χ2v) is 5.74. The minimum absolute atomic E-state index is 0.0657. The molecule has 122 valence electrons. The van der Waals surface area contributed by atoms with Crippen LogP contribution in [-0.2, 0) is 4.79 Å². The van der Waals surface area contributed by atoms with Gasteiger partial charge in [-0.3, -0.25) is 9.32 Å². The Balaban J connectivity index is 1.71. The van der Waals surface area contributed by atoms with Crippen molar-refractivity contribution in [3.63, 3.8) is 0 Å². The van der Waals surface area contributed by atoms with Crippen molar-refractivity contribution in [3.8, 4) is 5.69 Å². The lowest BCUT2D eigenvalue weighted by Gasteiger charge is -2.04. The first kappa shape index (κ1) is 16.0. The fourth-order valence-electron chi connectivity index (χ4n) is 2.02. The molecule has 3 aromatic rings. The molecule has 0 bridgehead atoms. The summed E-state index contributed by atoms with van der Waals surface area (Å²) in [5.74, 6) is -1.01. The summed E-state index contributed by atoms with van der Waals surface area (Å²) in [5, 5.41) is 5.18. The molecule has 2 N–H and O–H groups in total. The van der Waals surface area contributed by atoms with E-state index in [1.807, 2.05) is 18.2 Å². The zero-order valence-corrected chi connectivity index (χ0v) is 13.2. The number of para-hydroxylation sites is 2. The van der Waals surface area contributed by atoms with Gasteiger partial charge in [0.05, 0.1) is 11.4 Å². The van der Waals surface area contributed by atoms with Gasteiger partial charge < -0.3 is 5.32 Å². The number of carbonyl (C=O) groups excluding carboxylic acids is 1. The predicted molar refractivity (Wildman–Crippen MR) is 86.6 cm³/mol. The number of aromatic nitrogens is 2. The van der Waals surface area contributed by atoms with E-state index in [-0.39, 0.29) is 16.5 Å². The first-order valence-corrected chi connectivity index (χ1v) is 8.00. The Morgan fingerprint density at radius 1 is 1.17 bits per heavy atom. The second kappa shape index (κ2) is 7.14. The summed E-state index contributed by atoms with van der Waals surface area (Å²) < 4.78 is 19.8. The highest BCUT2D eigenvalue weighted by Crippen LogP contribution is 2.15. The molecule has 0 aliphatic heterocycles. The summed E-state index contributed by atoms with van der Waals surface area (Å²) in [6.07, 6.45) is 0. The molecule has 0 radical (unpaired) electrons. The molecule has 2 aromatic carbocycles. The Bertz CT molecular complexity index is 908. The summed E-state index contributed by atoms with van der Waals surface area (Å²) >= 11 is 0.999. The zero-order valence-electron chi connectivity index (χ0n) is 12.4. The van der Waals surface area contributed by atoms with Crippen LogP contribution in [-0.4, -0.2) is 16.9 Å². The average molecular weight is 346 g/mol. The summed E-state index contributed by atoms with van der Waals surface area (Å²) in [5.41, 5.74) is 0.211. The van der Waals surface area contributed by atoms with E-state index in [1.54, 1.807) is 18.2 Å². The van der Waals surface area contributed by atoms with E-state index < -0.39 is 17.3 Å². The molecule has 0 spiro atoms. The fraction of sp³-hybridized carbons (Fsp3) is 0.0625. The lowest BCUT2D eigenvalue weighted by molar-refractivity contribution is -0.704. The van der Waals surface area contributed by atoms with Gasteiger partial charge in [-0.2, -0.15) is 0 Å². The molecule has 8 heteroatoms. The predicted octanol–water partition coefficient (Wildman–Crippen LogP) is 2.11. The van der Waals surface area contributed by atoms with E-state index >= 15 is 0 Å². The quantitative estimate of drug-likeness (QED) is 0.548. The maximum absolute atomic E-state index is 13.5. The van der Waals surface area contributed by atoms with Crippen LogP contribution in [0.4, 0.5) is 10.1 Å². The third-order valence-electron chi connectivity index (χ3n) is 3.11. The molecule has 1 aromatic heterocycles. The SMILES string of the molecule is O=C(CSc1c(=O)o[nH][n+]1-c1ccccc1)Nc1ccccc1F. The van der Waals surface area contributed by atoms with Crippen molar-refractivity contribution >= 4 is 23.4 Å². The van der Waals surface area contributed by atoms with Crippen molar-refractivity contribution in [2.24, 2.45) is 0 Å². The number of amides is 1. The van der Waals surface area contributed by atoms with Crippen LogP contribution in [0.3, 0.4) is 0 Å². The highest BCUT2D eigenvalue weighted by molar-refractivity contribution is 7.99. The van der Waals surface area contributed by atoms with Crippen molar-refractivity contribution in [2.75, 3.05) is 11.1 Å². The van der Waals surface area contributed by atoms with Gasteiger partial charge in [0.1, 0.15) is 5.82 Å². The number of hydrogen-bond donors (Lipinski definition) is 2. The van der Waals surface area contributed by atoms with Crippen LogP contribution in [0.1, 0.15) is 0 Å². The van der Waals surface area contributed by atoms with Crippen molar-refractivity contribution in [3.05, 3.63) is 70.8 Å². The van der Waals surface area contributed by atoms with Gasteiger partial charge in [-0.25, -0.2) is 9.18 Å². The van der Waals surface area contributed by atoms with E-state index in [9.17, 15) is 14.0 Å². The van der Waals surface area contributed by atoms with Gasteiger partial charge in [0.15, 0.2) is 0 Å². The highest BCUT2D eigenvalue weighted by atomic mass is 32.2. The average Bonchev–Trinajstić information content (AvgIpc) is 2.97. The maximum atomic E-state index is 13.5. The summed E-state index contributed by atoms with van der Waals surface area (Å²) in [6.45, 7) is 0. The molecule has 1 heterocycles. The molecule has 0 atom stereocenters. The van der Waals surface area contributed by atoms with Crippen LogP contribution in [0.15, 0.2) is 68.9 Å². The highest BCUT2D eigenvalue weighted by Gasteiger charge is 2.24. The van der Waals surface area contributed by atoms with Crippen molar-refractivity contribution in [1.29, 1.82) is 0 Å². The van der Waals surface area contributed by atoms with Crippen LogP contribution in [0.25, 0.3) is 5.69 Å². The number of rotatable bonds is 5. The van der Waals surface area contributed by atoms with Gasteiger partial charge in [-0.05, 0) is 33.8 Å². The number of hydrogen-bond acceptors (Lipinski definition) is 4. The van der Waals surface area contributed by atoms with Crippen LogP contribution < -0.4 is 15.6 Å². The molecule has 1 amide bonds. The third kappa shape index (κ3) is 3.54. The lowest BCUT2D eigenvalue weighted by atomic mass is 10.3. The van der Waals surface area contributed by atoms with Crippen molar-refractivity contribution in [2.45, 2.75) is 5.03 Å². The summed E-state index contributed by atoms with van der Waals surface area (Å²) in [7, 11) is 0. The van der Waals surface area contributed by atoms with Gasteiger partial charge in [0, 0.05) is 12.1 Å². The molecule has 0 aliphatic rings. The standard InChI is InChI=1S/C16H12FN3O3S/c17-12-8-4-5-9-13(12)18-14(21)10-24-15-16(22)23-19-20(15)11-6-2-1-3-7-11/h1-9H,10H2,(H-,18,19,21,22)/p+1. The summed E-state index contributed by atoms with van der Waals surface area (Å²) in [4.78, 5) is 23.8. The first-order chi connectivity index (χ1) is 11.6. The van der Waals surface area contributed by atoms with Gasteiger partial charge in [0.25, 0.3) is 0 Å². The van der Waals surface area contributed by atoms with Gasteiger partial charge in [-0.15, -0.1) is 0 Å². The molecule has 6 nitrogen and oxygen atoms in total. The largest absolute Gasteiger partial charge is 0.442 e. The number of benzene rings is 2. The molecule has 0 saturated carbocycles. The number of H-pyrrole nitrogens is 1. The Kier molecular flexibility index (Phi) is 4.76. The molecule has 0 fully saturated rings. The fourth-order valence-corrected chi connectivity index (χ4v) is 2.79. The summed E-state index contributed by atoms with van der Waals surface area (Å²) in [6, 6.07) is 14.9. The lowest BCUT2D eigenvalue weighted by Crippen LogP contribution is -2.36. The van der Waals surface area contributed by atoms with Crippen molar-refractivity contribution in [1.82, 2.24) is 5.27 Å². The molecule has 0 unspecified atom stereocenters. The first-order valence-electron chi connectivity index (χ1n) is 7.01. The topological polar surface area (TPSA) is 79.0 Å². The van der Waals surface area contributed by atoms with E-state index in [0.717, 1.165) is 11.8 Å². The normalized spacial score (nSPS) is 10.5. The number of nitrogens with one attached hydrogen (secondary N) is 2. The van der Waals surface area contributed by atoms with Crippen LogP contribution in [0.5, 0.6) is 0 Å². The molecule has 0 saturated heterocycles. The van der Waals surface area contributed by atoms with E-state index in [4.69, 9.17) is 4.52 Å². The smallest absolute Gasteiger partial charge is 0.323 e. The van der Waals surface area contributed by atoms with Gasteiger partial charge >= 0.3 is 10.7 Å². The molecule has 24 heavy (non-hydrogen) atoms. The van der Waals surface area contributed by atoms with E-state index in [2.05, 4.69) is 10.6 Å². The Labute approximate surface area is 140 Å². The van der Waals surface area contributed by atoms with Gasteiger partial charge in [-0.1, -0.05) is 30.3 Å². The maximum Gasteiger partial charge on any atom is 0.442 e. The second-order valence-electron chi connectivity index (χ2n) is 4.77. The zero-order chi connectivity index (χ0) is 16.9. The van der Waals surface area contributed by atoms with E-state index in [0.29, 0.717) is 5.69 Å².